The Balaban J connectivity index is 2.13. The number of hydrogen-bond donors (Lipinski definition) is 1. The summed E-state index contributed by atoms with van der Waals surface area (Å²) in [5.41, 5.74) is 3.25. The van der Waals surface area contributed by atoms with Crippen LogP contribution in [0.15, 0.2) is 18.2 Å². The Morgan fingerprint density at radius 3 is 2.78 bits per heavy atom. The van der Waals surface area contributed by atoms with Gasteiger partial charge in [0, 0.05) is 12.6 Å². The van der Waals surface area contributed by atoms with Crippen molar-refractivity contribution in [3.05, 3.63) is 29.3 Å². The lowest BCUT2D eigenvalue weighted by Crippen LogP contribution is -2.32. The van der Waals surface area contributed by atoms with Gasteiger partial charge in [0.2, 0.25) is 0 Å². The molecule has 1 aromatic carbocycles. The maximum Gasteiger partial charge on any atom is 0.119 e. The molecule has 0 saturated carbocycles. The first kappa shape index (κ1) is 13.4. The second-order valence-corrected chi connectivity index (χ2v) is 6.45. The van der Waals surface area contributed by atoms with Crippen molar-refractivity contribution >= 4 is 0 Å². The summed E-state index contributed by atoms with van der Waals surface area (Å²) in [6.07, 6.45) is 3.69. The molecule has 100 valence electrons. The van der Waals surface area contributed by atoms with Gasteiger partial charge in [-0.2, -0.15) is 0 Å². The van der Waals surface area contributed by atoms with Crippen LogP contribution in [-0.4, -0.2) is 13.7 Å². The molecule has 0 fully saturated rings. The van der Waals surface area contributed by atoms with Gasteiger partial charge in [-0.05, 0) is 47.9 Å². The van der Waals surface area contributed by atoms with E-state index >= 15 is 0 Å². The van der Waals surface area contributed by atoms with Crippen molar-refractivity contribution < 1.29 is 4.74 Å². The van der Waals surface area contributed by atoms with Crippen molar-refractivity contribution in [1.82, 2.24) is 5.32 Å². The molecular formula is C16H25NO. The predicted molar refractivity (Wildman–Crippen MR) is 76.1 cm³/mol. The maximum atomic E-state index is 5.31. The number of benzene rings is 1. The first-order valence-corrected chi connectivity index (χ1v) is 6.90. The lowest BCUT2D eigenvalue weighted by atomic mass is 9.86. The minimum Gasteiger partial charge on any atom is -0.497 e. The Morgan fingerprint density at radius 1 is 1.33 bits per heavy atom. The van der Waals surface area contributed by atoms with E-state index < -0.39 is 0 Å². The SMILES string of the molecule is COc1ccc2c(c1)CCCC2NCC(C)(C)C. The molecule has 1 atom stereocenters. The van der Waals surface area contributed by atoms with Gasteiger partial charge in [0.05, 0.1) is 7.11 Å². The van der Waals surface area contributed by atoms with Crippen LogP contribution in [0.4, 0.5) is 0 Å². The highest BCUT2D eigenvalue weighted by molar-refractivity contribution is 5.39. The minimum atomic E-state index is 0.337. The number of aryl methyl sites for hydroxylation is 1. The Hall–Kier alpha value is -1.02. The van der Waals surface area contributed by atoms with E-state index in [1.165, 1.54) is 30.4 Å². The molecule has 1 unspecified atom stereocenters. The quantitative estimate of drug-likeness (QED) is 0.879. The molecule has 0 bridgehead atoms. The highest BCUT2D eigenvalue weighted by Gasteiger charge is 2.22. The molecule has 0 spiro atoms. The summed E-state index contributed by atoms with van der Waals surface area (Å²) in [5, 5.41) is 3.71. The third-order valence-corrected chi connectivity index (χ3v) is 3.54. The molecule has 1 N–H and O–H groups in total. The fourth-order valence-electron chi connectivity index (χ4n) is 2.56. The highest BCUT2D eigenvalue weighted by atomic mass is 16.5. The van der Waals surface area contributed by atoms with E-state index in [1.54, 1.807) is 7.11 Å². The van der Waals surface area contributed by atoms with E-state index in [2.05, 4.69) is 44.3 Å². The zero-order chi connectivity index (χ0) is 13.2. The van der Waals surface area contributed by atoms with Gasteiger partial charge in [0.1, 0.15) is 5.75 Å². The standard InChI is InChI=1S/C16H25NO/c1-16(2,3)11-17-15-7-5-6-12-10-13(18-4)8-9-14(12)15/h8-10,15,17H,5-7,11H2,1-4H3. The lowest BCUT2D eigenvalue weighted by Gasteiger charge is -2.30. The highest BCUT2D eigenvalue weighted by Crippen LogP contribution is 2.32. The molecule has 1 aliphatic carbocycles. The van der Waals surface area contributed by atoms with Gasteiger partial charge in [-0.3, -0.25) is 0 Å². The van der Waals surface area contributed by atoms with Crippen molar-refractivity contribution in [3.8, 4) is 5.75 Å². The van der Waals surface area contributed by atoms with E-state index in [0.717, 1.165) is 12.3 Å². The summed E-state index contributed by atoms with van der Waals surface area (Å²) in [5.74, 6) is 0.977. The van der Waals surface area contributed by atoms with Gasteiger partial charge in [-0.15, -0.1) is 0 Å². The molecule has 0 amide bonds. The molecule has 18 heavy (non-hydrogen) atoms. The number of nitrogens with one attached hydrogen (secondary N) is 1. The first-order chi connectivity index (χ1) is 8.49. The van der Waals surface area contributed by atoms with Crippen LogP contribution in [0, 0.1) is 5.41 Å². The Bertz CT molecular complexity index is 406. The van der Waals surface area contributed by atoms with Crippen molar-refractivity contribution in [1.29, 1.82) is 0 Å². The average Bonchev–Trinajstić information content (AvgIpc) is 2.34. The van der Waals surface area contributed by atoms with Gasteiger partial charge in [-0.25, -0.2) is 0 Å². The van der Waals surface area contributed by atoms with Crippen LogP contribution in [0.5, 0.6) is 5.75 Å². The molecule has 0 aromatic heterocycles. The van der Waals surface area contributed by atoms with Crippen LogP contribution < -0.4 is 10.1 Å². The molecule has 1 aliphatic rings. The molecule has 1 aromatic rings. The van der Waals surface area contributed by atoms with Gasteiger partial charge in [-0.1, -0.05) is 26.8 Å². The van der Waals surface area contributed by atoms with Crippen LogP contribution in [-0.2, 0) is 6.42 Å². The van der Waals surface area contributed by atoms with Crippen LogP contribution in [0.3, 0.4) is 0 Å². The Labute approximate surface area is 111 Å². The zero-order valence-corrected chi connectivity index (χ0v) is 12.0. The van der Waals surface area contributed by atoms with E-state index in [0.29, 0.717) is 11.5 Å². The number of rotatable bonds is 3. The van der Waals surface area contributed by atoms with Crippen LogP contribution in [0.1, 0.15) is 50.8 Å². The van der Waals surface area contributed by atoms with Gasteiger partial charge >= 0.3 is 0 Å². The molecule has 2 nitrogen and oxygen atoms in total. The molecule has 2 rings (SSSR count). The molecular weight excluding hydrogens is 222 g/mol. The van der Waals surface area contributed by atoms with Crippen LogP contribution in [0.25, 0.3) is 0 Å². The summed E-state index contributed by atoms with van der Waals surface area (Å²) in [7, 11) is 1.74. The number of hydrogen-bond acceptors (Lipinski definition) is 2. The summed E-state index contributed by atoms with van der Waals surface area (Å²) < 4.78 is 5.31. The molecule has 0 radical (unpaired) electrons. The normalized spacial score (nSPS) is 19.4. The summed E-state index contributed by atoms with van der Waals surface area (Å²) in [6.45, 7) is 7.89. The second-order valence-electron chi connectivity index (χ2n) is 6.45. The van der Waals surface area contributed by atoms with Gasteiger partial charge in [0.15, 0.2) is 0 Å². The molecule has 0 saturated heterocycles. The van der Waals surface area contributed by atoms with E-state index in [9.17, 15) is 0 Å². The number of fused-ring (bicyclic) bond motifs is 1. The smallest absolute Gasteiger partial charge is 0.119 e. The molecule has 2 heteroatoms. The van der Waals surface area contributed by atoms with E-state index in [4.69, 9.17) is 4.74 Å². The Morgan fingerprint density at radius 2 is 2.11 bits per heavy atom. The maximum absolute atomic E-state index is 5.31. The monoisotopic (exact) mass is 247 g/mol. The summed E-state index contributed by atoms with van der Waals surface area (Å²) in [4.78, 5) is 0. The largest absolute Gasteiger partial charge is 0.497 e. The van der Waals surface area contributed by atoms with Crippen molar-refractivity contribution in [3.63, 3.8) is 0 Å². The third-order valence-electron chi connectivity index (χ3n) is 3.54. The van der Waals surface area contributed by atoms with Gasteiger partial charge in [0.25, 0.3) is 0 Å². The van der Waals surface area contributed by atoms with Crippen molar-refractivity contribution in [2.75, 3.05) is 13.7 Å². The topological polar surface area (TPSA) is 21.3 Å². The summed E-state index contributed by atoms with van der Waals surface area (Å²) >= 11 is 0. The fourth-order valence-corrected chi connectivity index (χ4v) is 2.56. The minimum absolute atomic E-state index is 0.337. The van der Waals surface area contributed by atoms with Crippen LogP contribution in [0.2, 0.25) is 0 Å². The molecule has 0 heterocycles. The molecule has 0 aliphatic heterocycles. The second kappa shape index (κ2) is 5.31. The lowest BCUT2D eigenvalue weighted by molar-refractivity contribution is 0.336. The number of ether oxygens (including phenoxy) is 1. The van der Waals surface area contributed by atoms with E-state index in [1.807, 2.05) is 0 Å². The third kappa shape index (κ3) is 3.26. The van der Waals surface area contributed by atoms with Crippen molar-refractivity contribution in [2.24, 2.45) is 5.41 Å². The predicted octanol–water partition coefficient (Wildman–Crippen LogP) is 3.71. The number of methoxy groups -OCH3 is 1. The van der Waals surface area contributed by atoms with E-state index in [-0.39, 0.29) is 0 Å². The summed E-state index contributed by atoms with van der Waals surface area (Å²) in [6, 6.07) is 7.02. The Kier molecular flexibility index (Phi) is 3.96. The van der Waals surface area contributed by atoms with Crippen molar-refractivity contribution in [2.45, 2.75) is 46.1 Å². The zero-order valence-electron chi connectivity index (χ0n) is 12.0. The average molecular weight is 247 g/mol. The fraction of sp³-hybridized carbons (Fsp3) is 0.625. The van der Waals surface area contributed by atoms with Crippen LogP contribution >= 0.6 is 0 Å². The van der Waals surface area contributed by atoms with Gasteiger partial charge < -0.3 is 10.1 Å². The first-order valence-electron chi connectivity index (χ1n) is 6.90.